The van der Waals surface area contributed by atoms with Crippen LogP contribution in [0, 0.1) is 6.92 Å². The molecule has 19 heavy (non-hydrogen) atoms. The van der Waals surface area contributed by atoms with E-state index in [0.717, 1.165) is 0 Å². The summed E-state index contributed by atoms with van der Waals surface area (Å²) in [7, 11) is 0. The summed E-state index contributed by atoms with van der Waals surface area (Å²) >= 11 is 0. The van der Waals surface area contributed by atoms with Gasteiger partial charge in [-0.1, -0.05) is 0 Å². The predicted octanol–water partition coefficient (Wildman–Crippen LogP) is 0.904. The number of carbonyl (C=O) groups excluding carboxylic acids is 2. The molecule has 1 aromatic rings. The van der Waals surface area contributed by atoms with Gasteiger partial charge in [-0.2, -0.15) is 0 Å². The van der Waals surface area contributed by atoms with E-state index in [1.807, 2.05) is 0 Å². The average molecular weight is 269 g/mol. The molecule has 1 heterocycles. The molecule has 106 valence electrons. The molecule has 1 aromatic heterocycles. The highest BCUT2D eigenvalue weighted by Gasteiger charge is 2.20. The molecule has 0 aliphatic carbocycles. The molecule has 0 atom stereocenters. The van der Waals surface area contributed by atoms with E-state index in [1.54, 1.807) is 25.3 Å². The number of imidazole rings is 1. The summed E-state index contributed by atoms with van der Waals surface area (Å²) in [5.41, 5.74) is 5.93. The second-order valence-electron chi connectivity index (χ2n) is 3.82. The Bertz CT molecular complexity index is 468. The molecule has 2 N–H and O–H groups in total. The van der Waals surface area contributed by atoms with Crippen molar-refractivity contribution in [2.24, 2.45) is 0 Å². The molecular weight excluding hydrogens is 250 g/mol. The van der Waals surface area contributed by atoms with Crippen LogP contribution in [0.25, 0.3) is 0 Å². The number of nitrogen functional groups attached to an aromatic ring is 1. The number of hydrogen-bond acceptors (Lipinski definition) is 6. The predicted molar refractivity (Wildman–Crippen MR) is 68.6 cm³/mol. The molecule has 0 bridgehead atoms. The summed E-state index contributed by atoms with van der Waals surface area (Å²) in [6.45, 7) is 6.08. The number of nitrogens with zero attached hydrogens (tertiary/aromatic N) is 2. The van der Waals surface area contributed by atoms with Crippen LogP contribution in [0.2, 0.25) is 0 Å². The molecule has 0 amide bonds. The van der Waals surface area contributed by atoms with Gasteiger partial charge in [-0.3, -0.25) is 4.79 Å². The maximum Gasteiger partial charge on any atom is 0.360 e. The quantitative estimate of drug-likeness (QED) is 0.771. The number of anilines is 1. The zero-order chi connectivity index (χ0) is 14.4. The molecule has 0 saturated carbocycles. The molecule has 0 aliphatic rings. The fraction of sp³-hybridized carbons (Fsp3) is 0.583. The summed E-state index contributed by atoms with van der Waals surface area (Å²) in [6, 6.07) is 0. The Morgan fingerprint density at radius 2 is 1.89 bits per heavy atom. The van der Waals surface area contributed by atoms with Crippen LogP contribution in [0.4, 0.5) is 5.82 Å². The van der Waals surface area contributed by atoms with Crippen molar-refractivity contribution in [3.8, 4) is 0 Å². The van der Waals surface area contributed by atoms with E-state index in [0.29, 0.717) is 19.0 Å². The number of aryl methyl sites for hydroxylation is 1. The van der Waals surface area contributed by atoms with Gasteiger partial charge in [0.05, 0.1) is 19.6 Å². The molecule has 0 spiro atoms. The Morgan fingerprint density at radius 3 is 2.47 bits per heavy atom. The lowest BCUT2D eigenvalue weighted by atomic mass is 10.4. The van der Waals surface area contributed by atoms with Crippen LogP contribution >= 0.6 is 0 Å². The van der Waals surface area contributed by atoms with Crippen LogP contribution in [0.1, 0.15) is 36.6 Å². The van der Waals surface area contributed by atoms with Crippen molar-refractivity contribution in [1.29, 1.82) is 0 Å². The van der Waals surface area contributed by atoms with Gasteiger partial charge in [-0.15, -0.1) is 0 Å². The Labute approximate surface area is 111 Å². The standard InChI is InChI=1S/C12H19N3O4/c1-4-18-9(16)6-7-15-8(3)14-10(11(15)13)12(17)19-5-2/h4-7,13H2,1-3H3. The van der Waals surface area contributed by atoms with Crippen LogP contribution in [-0.4, -0.2) is 34.7 Å². The van der Waals surface area contributed by atoms with Crippen molar-refractivity contribution < 1.29 is 19.1 Å². The van der Waals surface area contributed by atoms with Gasteiger partial charge < -0.3 is 19.8 Å². The number of rotatable bonds is 6. The lowest BCUT2D eigenvalue weighted by Crippen LogP contribution is -2.13. The highest BCUT2D eigenvalue weighted by Crippen LogP contribution is 2.16. The number of esters is 2. The highest BCUT2D eigenvalue weighted by atomic mass is 16.5. The summed E-state index contributed by atoms with van der Waals surface area (Å²) in [5.74, 6) is -0.101. The fourth-order valence-corrected chi connectivity index (χ4v) is 1.65. The zero-order valence-electron chi connectivity index (χ0n) is 11.4. The summed E-state index contributed by atoms with van der Waals surface area (Å²) < 4.78 is 11.3. The number of aromatic nitrogens is 2. The average Bonchev–Trinajstić information content (AvgIpc) is 2.63. The van der Waals surface area contributed by atoms with Crippen LogP contribution < -0.4 is 5.73 Å². The second kappa shape index (κ2) is 6.77. The molecule has 0 unspecified atom stereocenters. The highest BCUT2D eigenvalue weighted by molar-refractivity contribution is 5.92. The van der Waals surface area contributed by atoms with E-state index in [-0.39, 0.29) is 30.5 Å². The smallest absolute Gasteiger partial charge is 0.360 e. The number of ether oxygens (including phenoxy) is 2. The molecular formula is C12H19N3O4. The van der Waals surface area contributed by atoms with Gasteiger partial charge in [0.2, 0.25) is 0 Å². The molecule has 7 heteroatoms. The van der Waals surface area contributed by atoms with Gasteiger partial charge >= 0.3 is 11.9 Å². The van der Waals surface area contributed by atoms with Crippen molar-refractivity contribution in [2.75, 3.05) is 18.9 Å². The third kappa shape index (κ3) is 3.70. The summed E-state index contributed by atoms with van der Waals surface area (Å²) in [4.78, 5) is 27.0. The Balaban J connectivity index is 2.79. The van der Waals surface area contributed by atoms with Crippen molar-refractivity contribution in [1.82, 2.24) is 9.55 Å². The normalized spacial score (nSPS) is 10.3. The summed E-state index contributed by atoms with van der Waals surface area (Å²) in [5, 5.41) is 0. The number of nitrogens with two attached hydrogens (primary N) is 1. The second-order valence-corrected chi connectivity index (χ2v) is 3.82. The maximum absolute atomic E-state index is 11.6. The molecule has 1 rings (SSSR count). The van der Waals surface area contributed by atoms with Crippen LogP contribution in [0.5, 0.6) is 0 Å². The lowest BCUT2D eigenvalue weighted by molar-refractivity contribution is -0.143. The number of hydrogen-bond donors (Lipinski definition) is 1. The fourth-order valence-electron chi connectivity index (χ4n) is 1.65. The first kappa shape index (κ1) is 15.0. The largest absolute Gasteiger partial charge is 0.466 e. The van der Waals surface area contributed by atoms with Gasteiger partial charge in [0.1, 0.15) is 11.6 Å². The molecule has 0 fully saturated rings. The molecule has 0 aliphatic heterocycles. The van der Waals surface area contributed by atoms with Crippen LogP contribution in [-0.2, 0) is 20.8 Å². The van der Waals surface area contributed by atoms with Crippen molar-refractivity contribution in [3.05, 3.63) is 11.5 Å². The first-order valence-corrected chi connectivity index (χ1v) is 6.16. The number of carbonyl (C=O) groups is 2. The third-order valence-corrected chi connectivity index (χ3v) is 2.51. The van der Waals surface area contributed by atoms with E-state index in [9.17, 15) is 9.59 Å². The van der Waals surface area contributed by atoms with Crippen molar-refractivity contribution >= 4 is 17.8 Å². The van der Waals surface area contributed by atoms with E-state index < -0.39 is 5.97 Å². The maximum atomic E-state index is 11.6. The monoisotopic (exact) mass is 269 g/mol. The first-order chi connectivity index (χ1) is 9.01. The minimum absolute atomic E-state index is 0.0863. The molecule has 0 aromatic carbocycles. The Kier molecular flexibility index (Phi) is 5.35. The minimum Gasteiger partial charge on any atom is -0.466 e. The van der Waals surface area contributed by atoms with Gasteiger partial charge in [0, 0.05) is 6.54 Å². The Hall–Kier alpha value is -2.05. The zero-order valence-corrected chi connectivity index (χ0v) is 11.4. The SMILES string of the molecule is CCOC(=O)CCn1c(C)nc(C(=O)OCC)c1N. The van der Waals surface area contributed by atoms with E-state index >= 15 is 0 Å². The minimum atomic E-state index is -0.557. The Morgan fingerprint density at radius 1 is 1.26 bits per heavy atom. The van der Waals surface area contributed by atoms with Gasteiger partial charge in [-0.05, 0) is 20.8 Å². The molecule has 0 radical (unpaired) electrons. The van der Waals surface area contributed by atoms with Crippen molar-refractivity contribution in [3.63, 3.8) is 0 Å². The van der Waals surface area contributed by atoms with E-state index in [4.69, 9.17) is 15.2 Å². The summed E-state index contributed by atoms with van der Waals surface area (Å²) in [6.07, 6.45) is 0.178. The van der Waals surface area contributed by atoms with Crippen molar-refractivity contribution in [2.45, 2.75) is 33.7 Å². The van der Waals surface area contributed by atoms with E-state index in [1.165, 1.54) is 0 Å². The van der Waals surface area contributed by atoms with Gasteiger partial charge in [-0.25, -0.2) is 9.78 Å². The third-order valence-electron chi connectivity index (χ3n) is 2.51. The van der Waals surface area contributed by atoms with Gasteiger partial charge in [0.15, 0.2) is 5.69 Å². The topological polar surface area (TPSA) is 96.4 Å². The van der Waals surface area contributed by atoms with Crippen LogP contribution in [0.3, 0.4) is 0 Å². The first-order valence-electron chi connectivity index (χ1n) is 6.16. The molecule has 7 nitrogen and oxygen atoms in total. The van der Waals surface area contributed by atoms with Crippen LogP contribution in [0.15, 0.2) is 0 Å². The molecule has 0 saturated heterocycles. The van der Waals surface area contributed by atoms with E-state index in [2.05, 4.69) is 4.98 Å². The van der Waals surface area contributed by atoms with Gasteiger partial charge in [0.25, 0.3) is 0 Å². The lowest BCUT2D eigenvalue weighted by Gasteiger charge is -2.07.